The van der Waals surface area contributed by atoms with E-state index < -0.39 is 7.12 Å². The van der Waals surface area contributed by atoms with Crippen molar-refractivity contribution in [3.63, 3.8) is 0 Å². The van der Waals surface area contributed by atoms with Crippen LogP contribution in [-0.2, 0) is 15.9 Å². The van der Waals surface area contributed by atoms with E-state index in [0.29, 0.717) is 0 Å². The van der Waals surface area contributed by atoms with Crippen LogP contribution in [-0.4, -0.2) is 28.1 Å². The average Bonchev–Trinajstić information content (AvgIpc) is 2.94. The largest absolute Gasteiger partial charge is 0.516 e. The van der Waals surface area contributed by atoms with Crippen LogP contribution < -0.4 is 5.59 Å². The van der Waals surface area contributed by atoms with Crippen molar-refractivity contribution >= 4 is 12.7 Å². The highest BCUT2D eigenvalue weighted by Crippen LogP contribution is 2.36. The summed E-state index contributed by atoms with van der Waals surface area (Å²) in [6, 6.07) is 12.2. The highest BCUT2D eigenvalue weighted by molar-refractivity contribution is 6.61. The first-order valence-corrected chi connectivity index (χ1v) is 7.30. The van der Waals surface area contributed by atoms with Crippen molar-refractivity contribution in [2.24, 2.45) is 0 Å². The van der Waals surface area contributed by atoms with Crippen LogP contribution in [0.15, 0.2) is 42.6 Å². The molecular weight excluding hydrogens is 263 g/mol. The molecule has 0 saturated carbocycles. The topological polar surface area (TPSA) is 36.3 Å². The molecule has 1 aliphatic rings. The zero-order valence-electron chi connectivity index (χ0n) is 13.0. The molecule has 0 aliphatic carbocycles. The summed E-state index contributed by atoms with van der Waals surface area (Å²) in [5.74, 6) is 0. The third-order valence-electron chi connectivity index (χ3n) is 4.34. The lowest BCUT2D eigenvalue weighted by Crippen LogP contribution is -2.41. The van der Waals surface area contributed by atoms with Crippen molar-refractivity contribution in [2.45, 2.75) is 45.4 Å². The van der Waals surface area contributed by atoms with Crippen molar-refractivity contribution in [3.8, 4) is 0 Å². The lowest BCUT2D eigenvalue weighted by molar-refractivity contribution is 0.00578. The van der Waals surface area contributed by atoms with Gasteiger partial charge in [-0.3, -0.25) is 4.68 Å². The predicted molar refractivity (Wildman–Crippen MR) is 83.5 cm³/mol. The maximum Gasteiger partial charge on any atom is 0.516 e. The molecule has 2 aromatic rings. The minimum Gasteiger partial charge on any atom is -0.398 e. The van der Waals surface area contributed by atoms with E-state index in [-0.39, 0.29) is 11.2 Å². The van der Waals surface area contributed by atoms with Crippen molar-refractivity contribution < 1.29 is 9.31 Å². The molecule has 0 spiro atoms. The van der Waals surface area contributed by atoms with Crippen molar-refractivity contribution in [3.05, 3.63) is 48.2 Å². The number of benzene rings is 1. The number of nitrogens with zero attached hydrogens (tertiary/aromatic N) is 2. The quantitative estimate of drug-likeness (QED) is 0.811. The third kappa shape index (κ3) is 2.76. The summed E-state index contributed by atoms with van der Waals surface area (Å²) in [5.41, 5.74) is 1.38. The minimum atomic E-state index is -0.396. The van der Waals surface area contributed by atoms with Crippen LogP contribution in [0.25, 0.3) is 0 Å². The van der Waals surface area contributed by atoms with Gasteiger partial charge >= 0.3 is 7.12 Å². The molecule has 0 bridgehead atoms. The Balaban J connectivity index is 1.74. The van der Waals surface area contributed by atoms with E-state index in [0.717, 1.165) is 12.1 Å². The molecule has 21 heavy (non-hydrogen) atoms. The summed E-state index contributed by atoms with van der Waals surface area (Å²) < 4.78 is 13.9. The SMILES string of the molecule is CC1(C)OB(c2ccn(Cc3ccccc3)n2)OC1(C)C. The standard InChI is InChI=1S/C16H21BN2O2/c1-15(2)16(3,4)21-17(20-15)14-10-11-19(18-14)12-13-8-6-5-7-9-13/h5-11H,12H2,1-4H3. The van der Waals surface area contributed by atoms with Crippen LogP contribution >= 0.6 is 0 Å². The molecule has 1 fully saturated rings. The van der Waals surface area contributed by atoms with Crippen LogP contribution in [0.3, 0.4) is 0 Å². The smallest absolute Gasteiger partial charge is 0.398 e. The lowest BCUT2D eigenvalue weighted by atomic mass is 9.85. The lowest BCUT2D eigenvalue weighted by Gasteiger charge is -2.32. The van der Waals surface area contributed by atoms with Gasteiger partial charge < -0.3 is 9.31 Å². The van der Waals surface area contributed by atoms with E-state index in [9.17, 15) is 0 Å². The summed E-state index contributed by atoms with van der Waals surface area (Å²) >= 11 is 0. The van der Waals surface area contributed by atoms with E-state index in [4.69, 9.17) is 9.31 Å². The van der Waals surface area contributed by atoms with Gasteiger partial charge in [-0.2, -0.15) is 5.10 Å². The number of aromatic nitrogens is 2. The van der Waals surface area contributed by atoms with Gasteiger partial charge in [0.05, 0.1) is 23.3 Å². The Labute approximate surface area is 126 Å². The normalized spacial score (nSPS) is 19.9. The van der Waals surface area contributed by atoms with Crippen molar-refractivity contribution in [1.82, 2.24) is 9.78 Å². The van der Waals surface area contributed by atoms with Crippen LogP contribution in [0.5, 0.6) is 0 Å². The van der Waals surface area contributed by atoms with Gasteiger partial charge in [0.1, 0.15) is 0 Å². The fourth-order valence-corrected chi connectivity index (χ4v) is 2.33. The molecule has 1 aliphatic heterocycles. The Hall–Kier alpha value is -1.59. The first-order valence-electron chi connectivity index (χ1n) is 7.30. The Kier molecular flexibility index (Phi) is 3.42. The van der Waals surface area contributed by atoms with Crippen LogP contribution in [0.4, 0.5) is 0 Å². The van der Waals surface area contributed by atoms with Gasteiger partial charge in [0.25, 0.3) is 0 Å². The molecule has 4 nitrogen and oxygen atoms in total. The fraction of sp³-hybridized carbons (Fsp3) is 0.438. The molecule has 0 radical (unpaired) electrons. The molecule has 110 valence electrons. The first kappa shape index (κ1) is 14.4. The highest BCUT2D eigenvalue weighted by atomic mass is 16.7. The first-order chi connectivity index (χ1) is 9.87. The van der Waals surface area contributed by atoms with E-state index in [1.54, 1.807) is 0 Å². The fourth-order valence-electron chi connectivity index (χ4n) is 2.33. The molecule has 1 aromatic heterocycles. The Bertz CT molecular complexity index is 606. The van der Waals surface area contributed by atoms with E-state index in [2.05, 4.69) is 17.2 Å². The van der Waals surface area contributed by atoms with Gasteiger partial charge in [-0.05, 0) is 39.3 Å². The van der Waals surface area contributed by atoms with Gasteiger partial charge in [-0.15, -0.1) is 0 Å². The van der Waals surface area contributed by atoms with E-state index in [1.165, 1.54) is 5.56 Å². The van der Waals surface area contributed by atoms with Crippen molar-refractivity contribution in [1.29, 1.82) is 0 Å². The summed E-state index contributed by atoms with van der Waals surface area (Å²) in [5, 5.41) is 4.59. The predicted octanol–water partition coefficient (Wildman–Crippen LogP) is 2.23. The van der Waals surface area contributed by atoms with Gasteiger partial charge in [0.2, 0.25) is 0 Å². The Morgan fingerprint density at radius 2 is 1.62 bits per heavy atom. The zero-order valence-corrected chi connectivity index (χ0v) is 13.0. The van der Waals surface area contributed by atoms with Crippen molar-refractivity contribution in [2.75, 3.05) is 0 Å². The minimum absolute atomic E-state index is 0.332. The molecule has 1 aromatic carbocycles. The summed E-state index contributed by atoms with van der Waals surface area (Å²) in [6.45, 7) is 8.95. The summed E-state index contributed by atoms with van der Waals surface area (Å²) in [6.07, 6.45) is 1.97. The van der Waals surface area contributed by atoms with Gasteiger partial charge in [0.15, 0.2) is 0 Å². The molecule has 3 rings (SSSR count). The van der Waals surface area contributed by atoms with E-state index in [1.807, 2.05) is 62.8 Å². The maximum atomic E-state index is 6.02. The maximum absolute atomic E-state index is 6.02. The molecule has 1 saturated heterocycles. The number of hydrogen-bond acceptors (Lipinski definition) is 3. The van der Waals surface area contributed by atoms with Crippen LogP contribution in [0, 0.1) is 0 Å². The third-order valence-corrected chi connectivity index (χ3v) is 4.34. The molecule has 0 N–H and O–H groups in total. The van der Waals surface area contributed by atoms with E-state index >= 15 is 0 Å². The zero-order chi connectivity index (χ0) is 15.1. The van der Waals surface area contributed by atoms with Crippen LogP contribution in [0.2, 0.25) is 0 Å². The molecule has 0 unspecified atom stereocenters. The van der Waals surface area contributed by atoms with Gasteiger partial charge in [-0.1, -0.05) is 30.3 Å². The molecule has 5 heteroatoms. The monoisotopic (exact) mass is 284 g/mol. The second kappa shape index (κ2) is 5.00. The summed E-state index contributed by atoms with van der Waals surface area (Å²) in [7, 11) is -0.396. The highest BCUT2D eigenvalue weighted by Gasteiger charge is 2.52. The Morgan fingerprint density at radius 1 is 1.00 bits per heavy atom. The molecule has 2 heterocycles. The summed E-state index contributed by atoms with van der Waals surface area (Å²) in [4.78, 5) is 0. The van der Waals surface area contributed by atoms with Gasteiger partial charge in [-0.25, -0.2) is 0 Å². The number of hydrogen-bond donors (Lipinski definition) is 0. The molecule has 0 atom stereocenters. The molecular formula is C16H21BN2O2. The van der Waals surface area contributed by atoms with Gasteiger partial charge in [0, 0.05) is 6.20 Å². The average molecular weight is 284 g/mol. The molecule has 0 amide bonds. The second-order valence-electron chi connectivity index (χ2n) is 6.51. The number of rotatable bonds is 3. The Morgan fingerprint density at radius 3 is 2.24 bits per heavy atom. The van der Waals surface area contributed by atoms with Crippen LogP contribution in [0.1, 0.15) is 33.3 Å². The second-order valence-corrected chi connectivity index (χ2v) is 6.51.